The van der Waals surface area contributed by atoms with Crippen molar-refractivity contribution < 1.29 is 28.8 Å². The lowest BCUT2D eigenvalue weighted by Crippen LogP contribution is -2.74. The van der Waals surface area contributed by atoms with Crippen molar-refractivity contribution in [2.45, 2.75) is 88.0 Å². The summed E-state index contributed by atoms with van der Waals surface area (Å²) in [4.78, 5) is 17.1. The standard InChI is InChI=1S/C30H37NO6/c1-26(2)25-21(32)16-22-29(36-25,37-26)11-10-27(3)28(4)17(15-23(30(22,27)33)35-13-12-34-5)14-19-18-8-6-7-9-20(18)31-24(19)28/h6-9,16-17,23,25,31,33H,10-15H2,1-5H3/t17-,23+,25+,27-,28-,29?,30+/m1/s1. The van der Waals surface area contributed by atoms with E-state index in [1.165, 1.54) is 16.6 Å². The third-order valence-corrected chi connectivity index (χ3v) is 10.8. The Labute approximate surface area is 217 Å². The molecule has 2 bridgehead atoms. The highest BCUT2D eigenvalue weighted by molar-refractivity contribution is 5.97. The van der Waals surface area contributed by atoms with Gasteiger partial charge in [0.2, 0.25) is 0 Å². The number of aliphatic hydroxyl groups is 1. The number of ketones is 1. The molecular weight excluding hydrogens is 470 g/mol. The van der Waals surface area contributed by atoms with Gasteiger partial charge in [-0.05, 0) is 56.7 Å². The summed E-state index contributed by atoms with van der Waals surface area (Å²) in [7, 11) is 1.65. The van der Waals surface area contributed by atoms with E-state index in [1.54, 1.807) is 13.2 Å². The maximum atomic E-state index is 13.4. The molecule has 1 unspecified atom stereocenters. The van der Waals surface area contributed by atoms with Gasteiger partial charge < -0.3 is 29.0 Å². The van der Waals surface area contributed by atoms with E-state index >= 15 is 0 Å². The van der Waals surface area contributed by atoms with E-state index in [4.69, 9.17) is 18.9 Å². The molecule has 0 radical (unpaired) electrons. The number of ether oxygens (including phenoxy) is 4. The lowest BCUT2D eigenvalue weighted by molar-refractivity contribution is -0.281. The molecule has 7 nitrogen and oxygen atoms in total. The number of carbonyl (C=O) groups excluding carboxylic acids is 1. The van der Waals surface area contributed by atoms with Crippen LogP contribution in [0, 0.1) is 11.3 Å². The quantitative estimate of drug-likeness (QED) is 0.609. The van der Waals surface area contributed by atoms with Crippen LogP contribution in [-0.4, -0.2) is 65.4 Å². The second kappa shape index (κ2) is 7.33. The molecule has 37 heavy (non-hydrogen) atoms. The van der Waals surface area contributed by atoms with E-state index in [9.17, 15) is 9.90 Å². The normalized spacial score (nSPS) is 43.2. The zero-order valence-electron chi connectivity index (χ0n) is 22.3. The van der Waals surface area contributed by atoms with E-state index in [0.717, 1.165) is 11.9 Å². The number of methoxy groups -OCH3 is 1. The predicted octanol–water partition coefficient (Wildman–Crippen LogP) is 3.96. The molecule has 198 valence electrons. The highest BCUT2D eigenvalue weighted by atomic mass is 16.8. The second-order valence-corrected chi connectivity index (χ2v) is 12.7. The smallest absolute Gasteiger partial charge is 0.195 e. The highest BCUT2D eigenvalue weighted by Gasteiger charge is 2.78. The van der Waals surface area contributed by atoms with Crippen molar-refractivity contribution in [3.05, 3.63) is 47.2 Å². The summed E-state index contributed by atoms with van der Waals surface area (Å²) in [5.41, 5.74) is 0.961. The molecule has 3 heterocycles. The molecule has 7 heteroatoms. The summed E-state index contributed by atoms with van der Waals surface area (Å²) in [6.45, 7) is 9.09. The van der Waals surface area contributed by atoms with Crippen molar-refractivity contribution in [1.82, 2.24) is 4.98 Å². The van der Waals surface area contributed by atoms with Gasteiger partial charge in [0.25, 0.3) is 0 Å². The average Bonchev–Trinajstić information content (AvgIpc) is 3.44. The molecule has 1 aromatic heterocycles. The summed E-state index contributed by atoms with van der Waals surface area (Å²) >= 11 is 0. The van der Waals surface area contributed by atoms with E-state index in [-0.39, 0.29) is 17.1 Å². The molecule has 1 spiro atoms. The fourth-order valence-electron chi connectivity index (χ4n) is 8.86. The number of aromatic amines is 1. The van der Waals surface area contributed by atoms with E-state index < -0.39 is 34.6 Å². The highest BCUT2D eigenvalue weighted by Crippen LogP contribution is 2.72. The molecule has 0 amide bonds. The number of nitrogens with one attached hydrogen (secondary N) is 1. The van der Waals surface area contributed by atoms with Gasteiger partial charge >= 0.3 is 0 Å². The van der Waals surface area contributed by atoms with Crippen LogP contribution in [0.15, 0.2) is 35.9 Å². The Morgan fingerprint density at radius 3 is 2.70 bits per heavy atom. The minimum Gasteiger partial charge on any atom is -0.382 e. The van der Waals surface area contributed by atoms with Gasteiger partial charge in [-0.25, -0.2) is 0 Å². The van der Waals surface area contributed by atoms with Crippen LogP contribution in [0.25, 0.3) is 10.9 Å². The molecular formula is C30H37NO6. The summed E-state index contributed by atoms with van der Waals surface area (Å²) in [6.07, 6.45) is 3.28. The minimum absolute atomic E-state index is 0.147. The maximum Gasteiger partial charge on any atom is 0.195 e. The van der Waals surface area contributed by atoms with Crippen LogP contribution in [0.3, 0.4) is 0 Å². The zero-order valence-corrected chi connectivity index (χ0v) is 22.3. The van der Waals surface area contributed by atoms with E-state index in [0.29, 0.717) is 38.0 Å². The minimum atomic E-state index is -1.47. The fraction of sp³-hybridized carbons (Fsp3) is 0.633. The van der Waals surface area contributed by atoms with Crippen molar-refractivity contribution in [1.29, 1.82) is 0 Å². The first-order valence-corrected chi connectivity index (χ1v) is 13.6. The molecule has 2 N–H and O–H groups in total. The topological polar surface area (TPSA) is 90.0 Å². The maximum absolute atomic E-state index is 13.4. The molecule has 7 atom stereocenters. The van der Waals surface area contributed by atoms with Gasteiger partial charge in [-0.3, -0.25) is 4.79 Å². The number of fused-ring (bicyclic) bond motifs is 9. The Morgan fingerprint density at radius 2 is 1.92 bits per heavy atom. The molecule has 2 aliphatic heterocycles. The van der Waals surface area contributed by atoms with Gasteiger partial charge in [0.05, 0.1) is 19.3 Å². The zero-order chi connectivity index (χ0) is 26.0. The number of rotatable bonds is 4. The van der Waals surface area contributed by atoms with E-state index in [1.807, 2.05) is 13.8 Å². The molecule has 2 saturated carbocycles. The molecule has 3 aliphatic carbocycles. The lowest BCUT2D eigenvalue weighted by atomic mass is 9.41. The van der Waals surface area contributed by atoms with Gasteiger partial charge in [-0.15, -0.1) is 0 Å². The van der Waals surface area contributed by atoms with Gasteiger partial charge in [0.15, 0.2) is 17.7 Å². The number of benzene rings is 1. The van der Waals surface area contributed by atoms with Gasteiger partial charge in [0.1, 0.15) is 11.2 Å². The third kappa shape index (κ3) is 2.67. The van der Waals surface area contributed by atoms with Crippen LogP contribution >= 0.6 is 0 Å². The average molecular weight is 508 g/mol. The Bertz CT molecular complexity index is 1340. The summed E-state index contributed by atoms with van der Waals surface area (Å²) in [5.74, 6) is -0.990. The van der Waals surface area contributed by atoms with Gasteiger partial charge in [0, 0.05) is 46.5 Å². The largest absolute Gasteiger partial charge is 0.382 e. The second-order valence-electron chi connectivity index (χ2n) is 12.7. The number of carbonyl (C=O) groups is 1. The van der Waals surface area contributed by atoms with Crippen molar-refractivity contribution in [2.75, 3.05) is 20.3 Å². The third-order valence-electron chi connectivity index (χ3n) is 10.8. The number of para-hydroxylation sites is 1. The number of hydrogen-bond acceptors (Lipinski definition) is 6. The summed E-state index contributed by atoms with van der Waals surface area (Å²) in [5, 5.41) is 14.4. The number of H-pyrrole nitrogens is 1. The van der Waals surface area contributed by atoms with Gasteiger partial charge in [-0.1, -0.05) is 32.0 Å². The first-order chi connectivity index (χ1) is 17.5. The lowest BCUT2D eigenvalue weighted by Gasteiger charge is -2.67. The molecule has 1 aromatic carbocycles. The summed E-state index contributed by atoms with van der Waals surface area (Å²) < 4.78 is 24.8. The predicted molar refractivity (Wildman–Crippen MR) is 137 cm³/mol. The van der Waals surface area contributed by atoms with Crippen LogP contribution in [0.2, 0.25) is 0 Å². The molecule has 5 aliphatic rings. The Morgan fingerprint density at radius 1 is 1.14 bits per heavy atom. The number of hydrogen-bond donors (Lipinski definition) is 2. The van der Waals surface area contributed by atoms with Crippen molar-refractivity contribution in [3.63, 3.8) is 0 Å². The fourth-order valence-corrected chi connectivity index (χ4v) is 8.86. The Hall–Kier alpha value is -2.03. The molecule has 1 saturated heterocycles. The van der Waals surface area contributed by atoms with Crippen LogP contribution in [0.1, 0.15) is 58.2 Å². The molecule has 3 fully saturated rings. The van der Waals surface area contributed by atoms with Crippen molar-refractivity contribution >= 4 is 16.7 Å². The van der Waals surface area contributed by atoms with Crippen LogP contribution in [0.4, 0.5) is 0 Å². The van der Waals surface area contributed by atoms with Crippen LogP contribution in [0.5, 0.6) is 0 Å². The SMILES string of the molecule is COCCO[C@H]1C[C@H]2Cc3c([nH]c4ccccc34)[C@]2(C)[C@@]2(C)CCC34O[C@@H](C(=O)C=C3[C@]12O)C(C)(C)O4. The Balaban J connectivity index is 1.43. The van der Waals surface area contributed by atoms with Gasteiger partial charge in [-0.2, -0.15) is 0 Å². The molecule has 2 aromatic rings. The monoisotopic (exact) mass is 507 g/mol. The van der Waals surface area contributed by atoms with Crippen LogP contribution in [-0.2, 0) is 35.6 Å². The number of aromatic nitrogens is 1. The first kappa shape index (κ1) is 24.0. The summed E-state index contributed by atoms with van der Waals surface area (Å²) in [6, 6.07) is 8.46. The molecule has 7 rings (SSSR count). The van der Waals surface area contributed by atoms with Crippen LogP contribution < -0.4 is 0 Å². The first-order valence-electron chi connectivity index (χ1n) is 13.6. The Kier molecular flexibility index (Phi) is 4.76. The van der Waals surface area contributed by atoms with E-state index in [2.05, 4.69) is 43.1 Å². The van der Waals surface area contributed by atoms with Crippen molar-refractivity contribution in [2.24, 2.45) is 11.3 Å². The van der Waals surface area contributed by atoms with Crippen molar-refractivity contribution in [3.8, 4) is 0 Å².